The van der Waals surface area contributed by atoms with Crippen LogP contribution in [-0.4, -0.2) is 18.4 Å². The van der Waals surface area contributed by atoms with E-state index in [1.807, 2.05) is 47.4 Å². The van der Waals surface area contributed by atoms with Gasteiger partial charge in [-0.25, -0.2) is 0 Å². The second-order valence-corrected chi connectivity index (χ2v) is 7.58. The highest BCUT2D eigenvalue weighted by molar-refractivity contribution is 7.99. The fourth-order valence-electron chi connectivity index (χ4n) is 3.04. The molecule has 1 fully saturated rings. The third kappa shape index (κ3) is 3.16. The normalized spacial score (nSPS) is 16.0. The summed E-state index contributed by atoms with van der Waals surface area (Å²) in [4.78, 5) is 28.8. The molecule has 4 rings (SSSR count). The van der Waals surface area contributed by atoms with Gasteiger partial charge in [0.1, 0.15) is 0 Å². The Labute approximate surface area is 151 Å². The predicted molar refractivity (Wildman–Crippen MR) is 100 cm³/mol. The van der Waals surface area contributed by atoms with E-state index in [2.05, 4.69) is 12.2 Å². The number of anilines is 2. The van der Waals surface area contributed by atoms with E-state index in [1.54, 1.807) is 11.8 Å². The van der Waals surface area contributed by atoms with Crippen LogP contribution in [0.1, 0.15) is 36.5 Å². The van der Waals surface area contributed by atoms with Crippen molar-refractivity contribution in [2.24, 2.45) is 5.92 Å². The summed E-state index contributed by atoms with van der Waals surface area (Å²) in [6.45, 7) is 2.75. The van der Waals surface area contributed by atoms with Crippen molar-refractivity contribution in [3.05, 3.63) is 48.0 Å². The number of benzene rings is 2. The molecule has 0 saturated heterocycles. The SMILES string of the molecule is CCCN1C(=O)c2ccccc2Sc2cc(NC(=O)C3CC3)ccc21. The Hall–Kier alpha value is -2.27. The van der Waals surface area contributed by atoms with Crippen LogP contribution < -0.4 is 10.2 Å². The first kappa shape index (κ1) is 16.2. The number of carbonyl (C=O) groups excluding carboxylic acids is 2. The highest BCUT2D eigenvalue weighted by atomic mass is 32.2. The van der Waals surface area contributed by atoms with Crippen molar-refractivity contribution in [3.8, 4) is 0 Å². The van der Waals surface area contributed by atoms with Crippen LogP contribution in [0.3, 0.4) is 0 Å². The van der Waals surface area contributed by atoms with Crippen molar-refractivity contribution in [1.82, 2.24) is 0 Å². The molecule has 1 heterocycles. The molecule has 1 saturated carbocycles. The lowest BCUT2D eigenvalue weighted by molar-refractivity contribution is -0.117. The van der Waals surface area contributed by atoms with Crippen molar-refractivity contribution >= 4 is 35.0 Å². The third-order valence-corrected chi connectivity index (χ3v) is 5.62. The Morgan fingerprint density at radius 2 is 2.00 bits per heavy atom. The molecule has 1 N–H and O–H groups in total. The molecule has 0 radical (unpaired) electrons. The van der Waals surface area contributed by atoms with Gasteiger partial charge in [0.2, 0.25) is 5.91 Å². The molecule has 2 aromatic rings. The lowest BCUT2D eigenvalue weighted by Crippen LogP contribution is -2.31. The zero-order valence-electron chi connectivity index (χ0n) is 14.1. The van der Waals surface area contributed by atoms with Crippen molar-refractivity contribution in [2.75, 3.05) is 16.8 Å². The number of fused-ring (bicyclic) bond motifs is 2. The van der Waals surface area contributed by atoms with E-state index in [0.717, 1.165) is 46.0 Å². The largest absolute Gasteiger partial charge is 0.326 e. The van der Waals surface area contributed by atoms with Gasteiger partial charge in [-0.3, -0.25) is 9.59 Å². The van der Waals surface area contributed by atoms with Crippen LogP contribution in [0.15, 0.2) is 52.3 Å². The summed E-state index contributed by atoms with van der Waals surface area (Å²) >= 11 is 1.59. The number of amides is 2. The average Bonchev–Trinajstić information content (AvgIpc) is 3.45. The highest BCUT2D eigenvalue weighted by Gasteiger charge is 2.30. The number of hydrogen-bond donors (Lipinski definition) is 1. The Kier molecular flexibility index (Phi) is 4.25. The molecule has 4 nitrogen and oxygen atoms in total. The molecule has 5 heteroatoms. The van der Waals surface area contributed by atoms with Gasteiger partial charge >= 0.3 is 0 Å². The molecule has 0 atom stereocenters. The van der Waals surface area contributed by atoms with E-state index in [-0.39, 0.29) is 17.7 Å². The monoisotopic (exact) mass is 352 g/mol. The van der Waals surface area contributed by atoms with Gasteiger partial charge in [0, 0.05) is 27.9 Å². The average molecular weight is 352 g/mol. The van der Waals surface area contributed by atoms with Gasteiger partial charge in [-0.2, -0.15) is 0 Å². The topological polar surface area (TPSA) is 49.4 Å². The standard InChI is InChI=1S/C20H20N2O2S/c1-2-11-22-16-10-9-14(21-19(23)13-7-8-13)12-18(16)25-17-6-4-3-5-15(17)20(22)24/h3-6,9-10,12-13H,2,7-8,11H2,1H3,(H,21,23). The van der Waals surface area contributed by atoms with Gasteiger partial charge < -0.3 is 10.2 Å². The molecule has 128 valence electrons. The molecule has 0 spiro atoms. The molecule has 25 heavy (non-hydrogen) atoms. The zero-order valence-corrected chi connectivity index (χ0v) is 14.9. The molecule has 0 unspecified atom stereocenters. The van der Waals surface area contributed by atoms with Crippen LogP contribution in [0.5, 0.6) is 0 Å². The Bertz CT molecular complexity index is 845. The first-order valence-electron chi connectivity index (χ1n) is 8.71. The molecule has 2 aliphatic rings. The van der Waals surface area contributed by atoms with E-state index in [9.17, 15) is 9.59 Å². The van der Waals surface area contributed by atoms with Crippen LogP contribution in [0, 0.1) is 5.92 Å². The fourth-order valence-corrected chi connectivity index (χ4v) is 4.16. The first-order valence-corrected chi connectivity index (χ1v) is 9.52. The van der Waals surface area contributed by atoms with Crippen molar-refractivity contribution in [3.63, 3.8) is 0 Å². The maximum atomic E-state index is 13.0. The molecule has 1 aliphatic heterocycles. The van der Waals surface area contributed by atoms with Crippen LogP contribution in [0.25, 0.3) is 0 Å². The van der Waals surface area contributed by atoms with Crippen LogP contribution >= 0.6 is 11.8 Å². The molecular weight excluding hydrogens is 332 g/mol. The second-order valence-electron chi connectivity index (χ2n) is 6.50. The van der Waals surface area contributed by atoms with E-state index < -0.39 is 0 Å². The van der Waals surface area contributed by atoms with Crippen molar-refractivity contribution in [2.45, 2.75) is 36.0 Å². The van der Waals surface area contributed by atoms with E-state index in [4.69, 9.17) is 0 Å². The minimum absolute atomic E-state index is 0.0402. The van der Waals surface area contributed by atoms with Gasteiger partial charge in [-0.05, 0) is 49.6 Å². The zero-order chi connectivity index (χ0) is 17.4. The summed E-state index contributed by atoms with van der Waals surface area (Å²) in [6.07, 6.45) is 2.85. The lowest BCUT2D eigenvalue weighted by Gasteiger charge is -2.22. The summed E-state index contributed by atoms with van der Waals surface area (Å²) in [6, 6.07) is 13.5. The minimum atomic E-state index is 0.0402. The van der Waals surface area contributed by atoms with Gasteiger partial charge in [0.05, 0.1) is 11.3 Å². The first-order chi connectivity index (χ1) is 12.2. The molecular formula is C20H20N2O2S. The highest BCUT2D eigenvalue weighted by Crippen LogP contribution is 2.42. The van der Waals surface area contributed by atoms with Gasteiger partial charge in [0.25, 0.3) is 5.91 Å². The maximum Gasteiger partial charge on any atom is 0.259 e. The summed E-state index contributed by atoms with van der Waals surface area (Å²) < 4.78 is 0. The van der Waals surface area contributed by atoms with Gasteiger partial charge in [-0.1, -0.05) is 30.8 Å². The number of nitrogens with zero attached hydrogens (tertiary/aromatic N) is 1. The van der Waals surface area contributed by atoms with Gasteiger partial charge in [-0.15, -0.1) is 0 Å². The Balaban J connectivity index is 1.74. The quantitative estimate of drug-likeness (QED) is 0.878. The summed E-state index contributed by atoms with van der Waals surface area (Å²) in [5.74, 6) is 0.310. The summed E-state index contributed by atoms with van der Waals surface area (Å²) in [5.41, 5.74) is 2.45. The van der Waals surface area contributed by atoms with E-state index in [0.29, 0.717) is 6.54 Å². The third-order valence-electron chi connectivity index (χ3n) is 4.50. The predicted octanol–water partition coefficient (Wildman–Crippen LogP) is 4.56. The summed E-state index contributed by atoms with van der Waals surface area (Å²) in [7, 11) is 0. The van der Waals surface area contributed by atoms with E-state index in [1.165, 1.54) is 0 Å². The number of hydrogen-bond acceptors (Lipinski definition) is 3. The number of rotatable bonds is 4. The van der Waals surface area contributed by atoms with E-state index >= 15 is 0 Å². The summed E-state index contributed by atoms with van der Waals surface area (Å²) in [5, 5.41) is 3.00. The molecule has 2 aromatic carbocycles. The molecule has 1 aliphatic carbocycles. The minimum Gasteiger partial charge on any atom is -0.326 e. The number of nitrogens with one attached hydrogen (secondary N) is 1. The van der Waals surface area contributed by atoms with Crippen LogP contribution in [0.4, 0.5) is 11.4 Å². The Morgan fingerprint density at radius 1 is 1.20 bits per heavy atom. The molecule has 0 bridgehead atoms. The molecule has 0 aromatic heterocycles. The number of carbonyl (C=O) groups is 2. The lowest BCUT2D eigenvalue weighted by atomic mass is 10.1. The van der Waals surface area contributed by atoms with Gasteiger partial charge in [0.15, 0.2) is 0 Å². The van der Waals surface area contributed by atoms with Crippen molar-refractivity contribution < 1.29 is 9.59 Å². The van der Waals surface area contributed by atoms with Crippen molar-refractivity contribution in [1.29, 1.82) is 0 Å². The fraction of sp³-hybridized carbons (Fsp3) is 0.300. The molecule has 2 amide bonds. The Morgan fingerprint density at radius 3 is 2.76 bits per heavy atom. The second kappa shape index (κ2) is 6.56. The van der Waals surface area contributed by atoms with Crippen LogP contribution in [0.2, 0.25) is 0 Å². The van der Waals surface area contributed by atoms with Crippen LogP contribution in [-0.2, 0) is 4.79 Å². The maximum absolute atomic E-state index is 13.0. The smallest absolute Gasteiger partial charge is 0.259 e.